The van der Waals surface area contributed by atoms with Crippen LogP contribution in [0.3, 0.4) is 0 Å². The van der Waals surface area contributed by atoms with Gasteiger partial charge >= 0.3 is 5.97 Å². The Bertz CT molecular complexity index is 192. The van der Waals surface area contributed by atoms with Gasteiger partial charge in [-0.05, 0) is 27.2 Å². The lowest BCUT2D eigenvalue weighted by Gasteiger charge is -2.27. The van der Waals surface area contributed by atoms with E-state index in [1.54, 1.807) is 0 Å². The van der Waals surface area contributed by atoms with Crippen molar-refractivity contribution in [3.05, 3.63) is 0 Å². The third-order valence-electron chi connectivity index (χ3n) is 2.18. The molecular formula is C11H23NO3. The molecule has 4 nitrogen and oxygen atoms in total. The second-order valence-electron chi connectivity index (χ2n) is 4.25. The summed E-state index contributed by atoms with van der Waals surface area (Å²) in [5.41, 5.74) is -0.309. The molecule has 0 bridgehead atoms. The van der Waals surface area contributed by atoms with E-state index in [4.69, 9.17) is 9.84 Å². The van der Waals surface area contributed by atoms with E-state index < -0.39 is 12.0 Å². The fourth-order valence-electron chi connectivity index (χ4n) is 1.41. The zero-order chi connectivity index (χ0) is 11.9. The SMILES string of the molecule is CCCC(NCC(C)(C)OCC)C(=O)O. The Hall–Kier alpha value is -0.610. The summed E-state index contributed by atoms with van der Waals surface area (Å²) >= 11 is 0. The Morgan fingerprint density at radius 3 is 2.47 bits per heavy atom. The zero-order valence-electron chi connectivity index (χ0n) is 10.2. The first kappa shape index (κ1) is 14.4. The second-order valence-corrected chi connectivity index (χ2v) is 4.25. The van der Waals surface area contributed by atoms with E-state index >= 15 is 0 Å². The molecule has 2 N–H and O–H groups in total. The summed E-state index contributed by atoms with van der Waals surface area (Å²) < 4.78 is 5.48. The molecule has 0 aliphatic rings. The van der Waals surface area contributed by atoms with Gasteiger partial charge in [-0.2, -0.15) is 0 Å². The molecule has 0 aliphatic heterocycles. The molecule has 15 heavy (non-hydrogen) atoms. The van der Waals surface area contributed by atoms with Crippen molar-refractivity contribution in [1.82, 2.24) is 5.32 Å². The highest BCUT2D eigenvalue weighted by molar-refractivity contribution is 5.73. The smallest absolute Gasteiger partial charge is 0.320 e. The summed E-state index contributed by atoms with van der Waals surface area (Å²) in [6, 6.07) is -0.463. The van der Waals surface area contributed by atoms with Gasteiger partial charge in [0, 0.05) is 13.2 Å². The average molecular weight is 217 g/mol. The predicted octanol–water partition coefficient (Wildman–Crippen LogP) is 1.64. The maximum absolute atomic E-state index is 10.9. The minimum Gasteiger partial charge on any atom is -0.480 e. The molecule has 0 radical (unpaired) electrons. The first-order valence-electron chi connectivity index (χ1n) is 5.53. The molecule has 1 unspecified atom stereocenters. The molecular weight excluding hydrogens is 194 g/mol. The van der Waals surface area contributed by atoms with Gasteiger partial charge in [0.25, 0.3) is 0 Å². The Morgan fingerprint density at radius 2 is 2.07 bits per heavy atom. The van der Waals surface area contributed by atoms with Crippen LogP contribution in [0.2, 0.25) is 0 Å². The molecule has 0 aliphatic carbocycles. The maximum atomic E-state index is 10.9. The quantitative estimate of drug-likeness (QED) is 0.649. The van der Waals surface area contributed by atoms with Crippen molar-refractivity contribution in [2.75, 3.05) is 13.2 Å². The van der Waals surface area contributed by atoms with Gasteiger partial charge in [0.15, 0.2) is 0 Å². The molecule has 0 aromatic heterocycles. The molecule has 0 amide bonds. The number of aliphatic carboxylic acids is 1. The van der Waals surface area contributed by atoms with E-state index in [1.807, 2.05) is 27.7 Å². The van der Waals surface area contributed by atoms with Crippen molar-refractivity contribution >= 4 is 5.97 Å². The highest BCUT2D eigenvalue weighted by Crippen LogP contribution is 2.08. The lowest BCUT2D eigenvalue weighted by molar-refractivity contribution is -0.140. The van der Waals surface area contributed by atoms with Crippen LogP contribution in [-0.2, 0) is 9.53 Å². The molecule has 4 heteroatoms. The van der Waals surface area contributed by atoms with Crippen LogP contribution in [0.15, 0.2) is 0 Å². The predicted molar refractivity (Wildman–Crippen MR) is 60.0 cm³/mol. The molecule has 90 valence electrons. The van der Waals surface area contributed by atoms with Crippen molar-refractivity contribution < 1.29 is 14.6 Å². The van der Waals surface area contributed by atoms with E-state index in [0.717, 1.165) is 6.42 Å². The van der Waals surface area contributed by atoms with Gasteiger partial charge in [-0.3, -0.25) is 4.79 Å². The summed E-state index contributed by atoms with van der Waals surface area (Å²) in [5.74, 6) is -0.788. The number of hydrogen-bond acceptors (Lipinski definition) is 3. The first-order chi connectivity index (χ1) is 6.93. The minimum absolute atomic E-state index is 0.309. The second kappa shape index (κ2) is 6.80. The van der Waals surface area contributed by atoms with Crippen LogP contribution >= 0.6 is 0 Å². The molecule has 0 saturated heterocycles. The van der Waals surface area contributed by atoms with Crippen molar-refractivity contribution in [3.8, 4) is 0 Å². The van der Waals surface area contributed by atoms with Gasteiger partial charge in [0.2, 0.25) is 0 Å². The first-order valence-corrected chi connectivity index (χ1v) is 5.53. The minimum atomic E-state index is -0.788. The molecule has 0 fully saturated rings. The lowest BCUT2D eigenvalue weighted by Crippen LogP contribution is -2.45. The van der Waals surface area contributed by atoms with Crippen molar-refractivity contribution in [2.24, 2.45) is 0 Å². The largest absolute Gasteiger partial charge is 0.480 e. The van der Waals surface area contributed by atoms with Crippen LogP contribution in [-0.4, -0.2) is 35.9 Å². The summed E-state index contributed by atoms with van der Waals surface area (Å²) in [5, 5.41) is 11.9. The summed E-state index contributed by atoms with van der Waals surface area (Å²) in [6.45, 7) is 9.01. The van der Waals surface area contributed by atoms with E-state index in [9.17, 15) is 4.79 Å². The third kappa shape index (κ3) is 6.47. The van der Waals surface area contributed by atoms with Crippen LogP contribution in [0.4, 0.5) is 0 Å². The number of carbonyl (C=O) groups is 1. The zero-order valence-corrected chi connectivity index (χ0v) is 10.2. The van der Waals surface area contributed by atoms with E-state index in [-0.39, 0.29) is 5.60 Å². The maximum Gasteiger partial charge on any atom is 0.320 e. The fraction of sp³-hybridized carbons (Fsp3) is 0.909. The van der Waals surface area contributed by atoms with Gasteiger partial charge in [0.05, 0.1) is 5.60 Å². The fourth-order valence-corrected chi connectivity index (χ4v) is 1.41. The lowest BCUT2D eigenvalue weighted by atomic mass is 10.1. The summed E-state index contributed by atoms with van der Waals surface area (Å²) in [6.07, 6.45) is 1.51. The molecule has 0 rings (SSSR count). The van der Waals surface area contributed by atoms with Gasteiger partial charge in [0.1, 0.15) is 6.04 Å². The van der Waals surface area contributed by atoms with Gasteiger partial charge in [-0.25, -0.2) is 0 Å². The van der Waals surface area contributed by atoms with E-state index in [1.165, 1.54) is 0 Å². The van der Waals surface area contributed by atoms with Crippen molar-refractivity contribution in [1.29, 1.82) is 0 Å². The summed E-state index contributed by atoms with van der Waals surface area (Å²) in [4.78, 5) is 10.9. The van der Waals surface area contributed by atoms with Crippen LogP contribution < -0.4 is 5.32 Å². The van der Waals surface area contributed by atoms with Crippen molar-refractivity contribution in [2.45, 2.75) is 52.2 Å². The van der Waals surface area contributed by atoms with Gasteiger partial charge in [-0.1, -0.05) is 13.3 Å². The highest BCUT2D eigenvalue weighted by Gasteiger charge is 2.22. The van der Waals surface area contributed by atoms with Crippen molar-refractivity contribution in [3.63, 3.8) is 0 Å². The highest BCUT2D eigenvalue weighted by atomic mass is 16.5. The van der Waals surface area contributed by atoms with Crippen LogP contribution in [0, 0.1) is 0 Å². The molecule has 0 spiro atoms. The Kier molecular flexibility index (Phi) is 6.52. The molecule has 0 aromatic rings. The number of carboxylic acids is 1. The number of rotatable bonds is 8. The molecule has 1 atom stereocenters. The van der Waals surface area contributed by atoms with E-state index in [2.05, 4.69) is 5.32 Å². The van der Waals surface area contributed by atoms with Crippen LogP contribution in [0.25, 0.3) is 0 Å². The average Bonchev–Trinajstić information content (AvgIpc) is 2.11. The van der Waals surface area contributed by atoms with E-state index in [0.29, 0.717) is 19.6 Å². The van der Waals surface area contributed by atoms with Crippen LogP contribution in [0.5, 0.6) is 0 Å². The van der Waals surface area contributed by atoms with Gasteiger partial charge in [-0.15, -0.1) is 0 Å². The Balaban J connectivity index is 4.03. The molecule has 0 aromatic carbocycles. The summed E-state index contributed by atoms with van der Waals surface area (Å²) in [7, 11) is 0. The molecule has 0 heterocycles. The standard InChI is InChI=1S/C11H23NO3/c1-5-7-9(10(13)14)12-8-11(3,4)15-6-2/h9,12H,5-8H2,1-4H3,(H,13,14). The monoisotopic (exact) mass is 217 g/mol. The Labute approximate surface area is 92.0 Å². The number of hydrogen-bond donors (Lipinski definition) is 2. The topological polar surface area (TPSA) is 58.6 Å². The normalized spacial score (nSPS) is 13.9. The Morgan fingerprint density at radius 1 is 1.47 bits per heavy atom. The van der Waals surface area contributed by atoms with Crippen LogP contribution in [0.1, 0.15) is 40.5 Å². The van der Waals surface area contributed by atoms with Gasteiger partial charge < -0.3 is 15.2 Å². The number of nitrogens with one attached hydrogen (secondary N) is 1. The number of carboxylic acid groups (broad SMARTS) is 1. The third-order valence-corrected chi connectivity index (χ3v) is 2.18. The number of ether oxygens (including phenoxy) is 1. The molecule has 0 saturated carbocycles.